The van der Waals surface area contributed by atoms with Gasteiger partial charge in [0.1, 0.15) is 6.54 Å². The number of hydrogen-bond donors (Lipinski definition) is 0. The van der Waals surface area contributed by atoms with Gasteiger partial charge in [0.25, 0.3) is 0 Å². The summed E-state index contributed by atoms with van der Waals surface area (Å²) in [7, 11) is 0. The molecule has 1 aromatic rings. The first-order valence-electron chi connectivity index (χ1n) is 12.7. The Bertz CT molecular complexity index is 439. The Morgan fingerprint density at radius 3 is 1.41 bits per heavy atom. The molecule has 1 rings (SSSR count). The number of benzene rings is 1. The van der Waals surface area contributed by atoms with Gasteiger partial charge in [-0.1, -0.05) is 115 Å². The molecule has 170 valence electrons. The van der Waals surface area contributed by atoms with Crippen LogP contribution in [0.3, 0.4) is 0 Å². The van der Waals surface area contributed by atoms with Gasteiger partial charge in [-0.3, -0.25) is 0 Å². The maximum Gasteiger partial charge on any atom is 0.104 e. The summed E-state index contributed by atoms with van der Waals surface area (Å²) in [5.41, 5.74) is 1.52. The Kier molecular flexibility index (Phi) is 19.1. The highest BCUT2D eigenvalue weighted by Crippen LogP contribution is 2.20. The average Bonchev–Trinajstić information content (AvgIpc) is 2.70. The fourth-order valence-corrected chi connectivity index (χ4v) is 4.78. The molecular weight excluding hydrogens is 374 g/mol. The molecule has 0 aliphatic heterocycles. The van der Waals surface area contributed by atoms with Crippen molar-refractivity contribution in [2.24, 2.45) is 0 Å². The lowest BCUT2D eigenvalue weighted by Gasteiger charge is -2.39. The summed E-state index contributed by atoms with van der Waals surface area (Å²) in [4.78, 5) is 0. The Hall–Kier alpha value is -0.530. The summed E-state index contributed by atoms with van der Waals surface area (Å²) in [6.07, 6.45) is 19.9. The van der Waals surface area contributed by atoms with E-state index in [9.17, 15) is 0 Å². The molecule has 0 bridgehead atoms. The number of halogens is 1. The molecular formula is C27H50ClN. The average molecular weight is 424 g/mol. The molecule has 0 saturated carbocycles. The van der Waals surface area contributed by atoms with Crippen molar-refractivity contribution >= 4 is 0 Å². The third-order valence-electron chi connectivity index (χ3n) is 6.24. The largest absolute Gasteiger partial charge is 1.00 e. The minimum Gasteiger partial charge on any atom is -1.00 e. The topological polar surface area (TPSA) is 0 Å². The summed E-state index contributed by atoms with van der Waals surface area (Å²) in [6.45, 7) is 12.3. The zero-order chi connectivity index (χ0) is 20.3. The van der Waals surface area contributed by atoms with Crippen LogP contribution in [0.2, 0.25) is 0 Å². The van der Waals surface area contributed by atoms with Crippen molar-refractivity contribution in [2.75, 3.05) is 19.6 Å². The minimum atomic E-state index is 0. The van der Waals surface area contributed by atoms with Crippen LogP contribution in [-0.4, -0.2) is 24.1 Å². The van der Waals surface area contributed by atoms with E-state index in [4.69, 9.17) is 0 Å². The Labute approximate surface area is 189 Å². The summed E-state index contributed by atoms with van der Waals surface area (Å²) >= 11 is 0. The van der Waals surface area contributed by atoms with Crippen molar-refractivity contribution in [1.29, 1.82) is 0 Å². The summed E-state index contributed by atoms with van der Waals surface area (Å²) in [5.74, 6) is 0. The number of quaternary nitrogens is 1. The van der Waals surface area contributed by atoms with Crippen molar-refractivity contribution in [2.45, 2.75) is 117 Å². The highest BCUT2D eigenvalue weighted by molar-refractivity contribution is 5.13. The van der Waals surface area contributed by atoms with Crippen LogP contribution in [0.25, 0.3) is 0 Å². The quantitative estimate of drug-likeness (QED) is 0.203. The lowest BCUT2D eigenvalue weighted by molar-refractivity contribution is -0.941. The van der Waals surface area contributed by atoms with Crippen LogP contribution < -0.4 is 12.4 Å². The van der Waals surface area contributed by atoms with Crippen LogP contribution in [0.4, 0.5) is 0 Å². The van der Waals surface area contributed by atoms with Crippen LogP contribution in [0, 0.1) is 0 Å². The van der Waals surface area contributed by atoms with Crippen molar-refractivity contribution in [1.82, 2.24) is 0 Å². The summed E-state index contributed by atoms with van der Waals surface area (Å²) in [5, 5.41) is 0. The molecule has 0 fully saturated rings. The fourth-order valence-electron chi connectivity index (χ4n) is 4.78. The van der Waals surface area contributed by atoms with Crippen LogP contribution in [-0.2, 0) is 6.54 Å². The molecule has 0 atom stereocenters. The second-order valence-corrected chi connectivity index (χ2v) is 9.05. The van der Waals surface area contributed by atoms with E-state index >= 15 is 0 Å². The number of rotatable bonds is 19. The maximum absolute atomic E-state index is 2.36. The third-order valence-corrected chi connectivity index (χ3v) is 6.24. The van der Waals surface area contributed by atoms with E-state index in [1.165, 1.54) is 126 Å². The lowest BCUT2D eigenvalue weighted by Crippen LogP contribution is -3.00. The standard InChI is InChI=1S/C27H50N.ClH/c1-4-7-8-9-10-11-12-13-14-15-16-20-25-28(23-5-2,24-6-3)26-27-21-18-17-19-22-27;/h17-19,21-22H,4-16,20,23-26H2,1-3H3;1H/q+1;/p-1. The van der Waals surface area contributed by atoms with E-state index < -0.39 is 0 Å². The molecule has 2 heteroatoms. The van der Waals surface area contributed by atoms with Gasteiger partial charge in [0.05, 0.1) is 19.6 Å². The van der Waals surface area contributed by atoms with E-state index in [0.717, 1.165) is 0 Å². The smallest absolute Gasteiger partial charge is 0.104 e. The Balaban J connectivity index is 0.00000784. The molecule has 0 N–H and O–H groups in total. The van der Waals surface area contributed by atoms with Gasteiger partial charge in [-0.15, -0.1) is 0 Å². The van der Waals surface area contributed by atoms with Crippen LogP contribution in [0.15, 0.2) is 30.3 Å². The first kappa shape index (κ1) is 28.5. The second kappa shape index (κ2) is 19.4. The van der Waals surface area contributed by atoms with Gasteiger partial charge >= 0.3 is 0 Å². The third kappa shape index (κ3) is 14.2. The molecule has 0 unspecified atom stereocenters. The van der Waals surface area contributed by atoms with Crippen LogP contribution in [0.5, 0.6) is 0 Å². The zero-order valence-electron chi connectivity index (χ0n) is 19.9. The summed E-state index contributed by atoms with van der Waals surface area (Å²) in [6, 6.07) is 11.2. The van der Waals surface area contributed by atoms with Crippen molar-refractivity contribution in [3.63, 3.8) is 0 Å². The Morgan fingerprint density at radius 2 is 0.966 bits per heavy atom. The van der Waals surface area contributed by atoms with E-state index in [0.29, 0.717) is 0 Å². The SMILES string of the molecule is CCCCCCCCCCCCCC[N+](CCC)(CCC)Cc1ccccc1.[Cl-]. The molecule has 1 nitrogen and oxygen atoms in total. The molecule has 0 spiro atoms. The highest BCUT2D eigenvalue weighted by Gasteiger charge is 2.25. The lowest BCUT2D eigenvalue weighted by atomic mass is 10.0. The van der Waals surface area contributed by atoms with E-state index in [1.807, 2.05) is 0 Å². The summed E-state index contributed by atoms with van der Waals surface area (Å²) < 4.78 is 1.30. The van der Waals surface area contributed by atoms with E-state index in [1.54, 1.807) is 0 Å². The molecule has 0 aliphatic carbocycles. The van der Waals surface area contributed by atoms with Gasteiger partial charge in [-0.2, -0.15) is 0 Å². The normalized spacial score (nSPS) is 11.4. The number of nitrogens with zero attached hydrogens (tertiary/aromatic N) is 1. The molecule has 0 radical (unpaired) electrons. The monoisotopic (exact) mass is 423 g/mol. The van der Waals surface area contributed by atoms with Crippen molar-refractivity contribution < 1.29 is 16.9 Å². The molecule has 0 aromatic heterocycles. The zero-order valence-corrected chi connectivity index (χ0v) is 20.7. The number of unbranched alkanes of at least 4 members (excludes halogenated alkanes) is 11. The van der Waals surface area contributed by atoms with Crippen molar-refractivity contribution in [3.8, 4) is 0 Å². The van der Waals surface area contributed by atoms with Crippen LogP contribution >= 0.6 is 0 Å². The molecule has 29 heavy (non-hydrogen) atoms. The van der Waals surface area contributed by atoms with Gasteiger partial charge in [0.2, 0.25) is 0 Å². The van der Waals surface area contributed by atoms with Crippen LogP contribution in [0.1, 0.15) is 116 Å². The van der Waals surface area contributed by atoms with Crippen molar-refractivity contribution in [3.05, 3.63) is 35.9 Å². The van der Waals surface area contributed by atoms with E-state index in [-0.39, 0.29) is 12.4 Å². The van der Waals surface area contributed by atoms with Gasteiger partial charge in [-0.05, 0) is 25.7 Å². The Morgan fingerprint density at radius 1 is 0.517 bits per heavy atom. The van der Waals surface area contributed by atoms with Gasteiger partial charge < -0.3 is 16.9 Å². The molecule has 0 aliphatic rings. The van der Waals surface area contributed by atoms with E-state index in [2.05, 4.69) is 51.1 Å². The van der Waals surface area contributed by atoms with Gasteiger partial charge in [0, 0.05) is 5.56 Å². The van der Waals surface area contributed by atoms with Gasteiger partial charge in [-0.25, -0.2) is 0 Å². The minimum absolute atomic E-state index is 0. The second-order valence-electron chi connectivity index (χ2n) is 9.05. The van der Waals surface area contributed by atoms with Gasteiger partial charge in [0.15, 0.2) is 0 Å². The fraction of sp³-hybridized carbons (Fsp3) is 0.778. The first-order chi connectivity index (χ1) is 13.8. The predicted molar refractivity (Wildman–Crippen MR) is 127 cm³/mol. The predicted octanol–water partition coefficient (Wildman–Crippen LogP) is 5.53. The molecule has 0 heterocycles. The molecule has 0 amide bonds. The highest BCUT2D eigenvalue weighted by atomic mass is 35.5. The number of hydrogen-bond acceptors (Lipinski definition) is 0. The molecule has 0 saturated heterocycles. The molecule has 1 aromatic carbocycles. The first-order valence-corrected chi connectivity index (χ1v) is 12.7. The maximum atomic E-state index is 2.36.